The molecule has 0 radical (unpaired) electrons. The van der Waals surface area contributed by atoms with E-state index in [1.54, 1.807) is 4.68 Å². The Kier molecular flexibility index (Phi) is 5.60. The quantitative estimate of drug-likeness (QED) is 0.678. The number of tetrazole rings is 1. The molecular formula is C14H22N6O2S. The van der Waals surface area contributed by atoms with Gasteiger partial charge in [0.1, 0.15) is 0 Å². The van der Waals surface area contributed by atoms with E-state index in [0.717, 1.165) is 49.7 Å². The number of unbranched alkanes of at least 4 members (excludes halogenated alkanes) is 1. The topological polar surface area (TPSA) is 91.8 Å². The summed E-state index contributed by atoms with van der Waals surface area (Å²) in [6.45, 7) is 5.68. The molecule has 1 fully saturated rings. The van der Waals surface area contributed by atoms with E-state index in [-0.39, 0.29) is 11.4 Å². The van der Waals surface area contributed by atoms with Gasteiger partial charge in [0, 0.05) is 13.0 Å². The van der Waals surface area contributed by atoms with Crippen molar-refractivity contribution >= 4 is 11.8 Å². The molecule has 0 bridgehead atoms. The van der Waals surface area contributed by atoms with Gasteiger partial charge in [-0.05, 0) is 36.6 Å². The summed E-state index contributed by atoms with van der Waals surface area (Å²) in [5.41, 5.74) is 0. The predicted octanol–water partition coefficient (Wildman–Crippen LogP) is 2.43. The fourth-order valence-electron chi connectivity index (χ4n) is 2.45. The fraction of sp³-hybridized carbons (Fsp3) is 0.786. The third-order valence-electron chi connectivity index (χ3n) is 3.77. The van der Waals surface area contributed by atoms with Gasteiger partial charge in [-0.25, -0.2) is 4.68 Å². The zero-order valence-corrected chi connectivity index (χ0v) is 14.3. The summed E-state index contributed by atoms with van der Waals surface area (Å²) in [5, 5.41) is 16.7. The van der Waals surface area contributed by atoms with Gasteiger partial charge in [-0.1, -0.05) is 30.3 Å². The van der Waals surface area contributed by atoms with Gasteiger partial charge in [0.25, 0.3) is 0 Å². The van der Waals surface area contributed by atoms with Crippen LogP contribution in [0.2, 0.25) is 0 Å². The molecule has 2 aromatic heterocycles. The lowest BCUT2D eigenvalue weighted by atomic mass is 10.2. The first kappa shape index (κ1) is 16.4. The Morgan fingerprint density at radius 3 is 3.13 bits per heavy atom. The Labute approximate surface area is 139 Å². The van der Waals surface area contributed by atoms with Gasteiger partial charge in [-0.15, -0.1) is 5.10 Å². The molecule has 0 amide bonds. The van der Waals surface area contributed by atoms with E-state index in [2.05, 4.69) is 32.6 Å². The Morgan fingerprint density at radius 2 is 2.35 bits per heavy atom. The van der Waals surface area contributed by atoms with Gasteiger partial charge in [-0.2, -0.15) is 4.98 Å². The van der Waals surface area contributed by atoms with Crippen molar-refractivity contribution in [2.75, 3.05) is 6.61 Å². The highest BCUT2D eigenvalue weighted by Crippen LogP contribution is 2.32. The number of rotatable bonds is 8. The summed E-state index contributed by atoms with van der Waals surface area (Å²) < 4.78 is 12.8. The lowest BCUT2D eigenvalue weighted by molar-refractivity contribution is 0.0911. The molecular weight excluding hydrogens is 316 g/mol. The number of nitrogens with zero attached hydrogens (tertiary/aromatic N) is 6. The van der Waals surface area contributed by atoms with Crippen LogP contribution >= 0.6 is 11.8 Å². The first-order valence-electron chi connectivity index (χ1n) is 8.13. The number of hydrogen-bond acceptors (Lipinski definition) is 8. The van der Waals surface area contributed by atoms with E-state index in [4.69, 9.17) is 9.26 Å². The monoisotopic (exact) mass is 338 g/mol. The number of ether oxygens (including phenoxy) is 1. The molecule has 2 aromatic rings. The van der Waals surface area contributed by atoms with Gasteiger partial charge in [0.05, 0.1) is 17.9 Å². The summed E-state index contributed by atoms with van der Waals surface area (Å²) in [5.74, 6) is 1.39. The Bertz CT molecular complexity index is 610. The fourth-order valence-corrected chi connectivity index (χ4v) is 3.28. The minimum absolute atomic E-state index is 0.00660. The van der Waals surface area contributed by atoms with Crippen molar-refractivity contribution in [2.45, 2.75) is 69.0 Å². The average Bonchev–Trinajstić information content (AvgIpc) is 3.28. The lowest BCUT2D eigenvalue weighted by Gasteiger charge is -2.11. The normalized spacial score (nSPS) is 19.3. The van der Waals surface area contributed by atoms with E-state index in [1.807, 2.05) is 6.92 Å². The predicted molar refractivity (Wildman–Crippen MR) is 84.0 cm³/mol. The number of hydrogen-bond donors (Lipinski definition) is 0. The van der Waals surface area contributed by atoms with Crippen molar-refractivity contribution in [1.29, 1.82) is 0 Å². The Hall–Kier alpha value is -1.48. The van der Waals surface area contributed by atoms with Crippen LogP contribution in [-0.4, -0.2) is 43.1 Å². The van der Waals surface area contributed by atoms with Crippen LogP contribution in [0.15, 0.2) is 9.68 Å². The van der Waals surface area contributed by atoms with E-state index >= 15 is 0 Å². The highest BCUT2D eigenvalue weighted by molar-refractivity contribution is 7.99. The van der Waals surface area contributed by atoms with Crippen LogP contribution in [0.1, 0.15) is 56.5 Å². The first-order chi connectivity index (χ1) is 11.3. The molecule has 8 nitrogen and oxygen atoms in total. The number of aryl methyl sites for hydroxylation is 1. The van der Waals surface area contributed by atoms with E-state index in [1.165, 1.54) is 11.8 Å². The number of aromatic nitrogens is 6. The van der Waals surface area contributed by atoms with Crippen LogP contribution in [0, 0.1) is 0 Å². The molecule has 23 heavy (non-hydrogen) atoms. The van der Waals surface area contributed by atoms with E-state index in [0.29, 0.717) is 12.4 Å². The molecule has 9 heteroatoms. The second kappa shape index (κ2) is 7.87. The maximum atomic E-state index is 5.65. The molecule has 1 aliphatic heterocycles. The summed E-state index contributed by atoms with van der Waals surface area (Å²) in [4.78, 5) is 4.46. The average molecular weight is 338 g/mol. The van der Waals surface area contributed by atoms with Crippen LogP contribution in [0.5, 0.6) is 0 Å². The summed E-state index contributed by atoms with van der Waals surface area (Å²) in [6.07, 6.45) is 5.41. The summed E-state index contributed by atoms with van der Waals surface area (Å²) >= 11 is 1.53. The number of thioether (sulfide) groups is 1. The largest absolute Gasteiger partial charge is 0.376 e. The molecule has 2 unspecified atom stereocenters. The van der Waals surface area contributed by atoms with Crippen LogP contribution in [0.4, 0.5) is 0 Å². The van der Waals surface area contributed by atoms with Crippen molar-refractivity contribution < 1.29 is 9.26 Å². The van der Waals surface area contributed by atoms with Gasteiger partial charge in [-0.3, -0.25) is 0 Å². The second-order valence-electron chi connectivity index (χ2n) is 5.69. The van der Waals surface area contributed by atoms with Gasteiger partial charge in [0.15, 0.2) is 5.82 Å². The van der Waals surface area contributed by atoms with E-state index < -0.39 is 0 Å². The minimum Gasteiger partial charge on any atom is -0.376 e. The van der Waals surface area contributed by atoms with Gasteiger partial charge >= 0.3 is 0 Å². The lowest BCUT2D eigenvalue weighted by Crippen LogP contribution is -2.17. The SMILES string of the molecule is CCCCc1noc(C(C)Sc2nnnn2CC2CCCO2)n1. The van der Waals surface area contributed by atoms with E-state index in [9.17, 15) is 0 Å². The molecule has 0 N–H and O–H groups in total. The van der Waals surface area contributed by atoms with Crippen molar-refractivity contribution in [1.82, 2.24) is 30.3 Å². The third-order valence-corrected chi connectivity index (χ3v) is 4.83. The van der Waals surface area contributed by atoms with Crippen molar-refractivity contribution in [3.8, 4) is 0 Å². The van der Waals surface area contributed by atoms with Crippen LogP contribution in [0.3, 0.4) is 0 Å². The third kappa shape index (κ3) is 4.29. The Morgan fingerprint density at radius 1 is 1.43 bits per heavy atom. The van der Waals surface area contributed by atoms with Gasteiger partial charge < -0.3 is 9.26 Å². The maximum absolute atomic E-state index is 5.65. The maximum Gasteiger partial charge on any atom is 0.239 e. The molecule has 126 valence electrons. The molecule has 3 rings (SSSR count). The molecule has 0 aromatic carbocycles. The van der Waals surface area contributed by atoms with Crippen molar-refractivity contribution in [3.63, 3.8) is 0 Å². The van der Waals surface area contributed by atoms with Crippen LogP contribution < -0.4 is 0 Å². The highest BCUT2D eigenvalue weighted by atomic mass is 32.2. The molecule has 1 aliphatic rings. The zero-order chi connectivity index (χ0) is 16.1. The molecule has 0 aliphatic carbocycles. The van der Waals surface area contributed by atoms with Crippen LogP contribution in [0.25, 0.3) is 0 Å². The second-order valence-corrected chi connectivity index (χ2v) is 7.00. The Balaban J connectivity index is 1.60. The first-order valence-corrected chi connectivity index (χ1v) is 9.01. The molecule has 1 saturated heterocycles. The minimum atomic E-state index is 0.00660. The van der Waals surface area contributed by atoms with Gasteiger partial charge in [0.2, 0.25) is 11.0 Å². The van der Waals surface area contributed by atoms with Crippen LogP contribution in [-0.2, 0) is 17.7 Å². The molecule has 3 heterocycles. The molecule has 0 spiro atoms. The smallest absolute Gasteiger partial charge is 0.239 e. The standard InChI is InChI=1S/C14H22N6O2S/c1-3-4-7-12-15-13(22-17-12)10(2)23-14-16-18-19-20(14)9-11-6-5-8-21-11/h10-11H,3-9H2,1-2H3. The summed E-state index contributed by atoms with van der Waals surface area (Å²) in [6, 6.07) is 0. The molecule has 2 atom stereocenters. The zero-order valence-electron chi connectivity index (χ0n) is 13.5. The summed E-state index contributed by atoms with van der Waals surface area (Å²) in [7, 11) is 0. The van der Waals surface area contributed by atoms with Crippen molar-refractivity contribution in [3.05, 3.63) is 11.7 Å². The highest BCUT2D eigenvalue weighted by Gasteiger charge is 2.22. The van der Waals surface area contributed by atoms with Crippen molar-refractivity contribution in [2.24, 2.45) is 0 Å². The molecule has 0 saturated carbocycles.